The standard InChI is InChI=1S/C12H13F3N6/c13-12(14,15)11-19-9(7-10(20-11)21-16)18-6-3-8-1-4-17-5-2-8/h1-2,4-5,7H,3,6,16H2,(H2,18,19,20,21). The second-order valence-corrected chi connectivity index (χ2v) is 4.14. The number of pyridine rings is 1. The minimum atomic E-state index is -4.63. The minimum Gasteiger partial charge on any atom is -0.370 e. The van der Waals surface area contributed by atoms with E-state index < -0.39 is 12.0 Å². The van der Waals surface area contributed by atoms with Gasteiger partial charge in [0.25, 0.3) is 0 Å². The van der Waals surface area contributed by atoms with E-state index in [-0.39, 0.29) is 11.6 Å². The first-order chi connectivity index (χ1) is 9.99. The lowest BCUT2D eigenvalue weighted by Crippen LogP contribution is -2.17. The molecule has 9 heteroatoms. The fourth-order valence-electron chi connectivity index (χ4n) is 1.62. The van der Waals surface area contributed by atoms with Crippen molar-refractivity contribution in [1.82, 2.24) is 15.0 Å². The topological polar surface area (TPSA) is 88.8 Å². The van der Waals surface area contributed by atoms with Crippen LogP contribution in [0.2, 0.25) is 0 Å². The third kappa shape index (κ3) is 4.28. The SMILES string of the molecule is NNc1cc(NCCc2ccncc2)nc(C(F)(F)F)n1. The lowest BCUT2D eigenvalue weighted by Gasteiger charge is -2.11. The molecule has 4 N–H and O–H groups in total. The van der Waals surface area contributed by atoms with E-state index in [0.717, 1.165) is 5.56 Å². The third-order valence-corrected chi connectivity index (χ3v) is 2.60. The van der Waals surface area contributed by atoms with Gasteiger partial charge in [-0.25, -0.2) is 15.8 Å². The Morgan fingerprint density at radius 3 is 2.38 bits per heavy atom. The maximum absolute atomic E-state index is 12.6. The highest BCUT2D eigenvalue weighted by Gasteiger charge is 2.35. The van der Waals surface area contributed by atoms with E-state index in [4.69, 9.17) is 5.84 Å². The summed E-state index contributed by atoms with van der Waals surface area (Å²) in [5.74, 6) is 3.81. The summed E-state index contributed by atoms with van der Waals surface area (Å²) in [7, 11) is 0. The van der Waals surface area contributed by atoms with Gasteiger partial charge in [0.15, 0.2) is 0 Å². The van der Waals surface area contributed by atoms with Gasteiger partial charge in [0.2, 0.25) is 5.82 Å². The molecule has 6 nitrogen and oxygen atoms in total. The molecule has 0 saturated carbocycles. The monoisotopic (exact) mass is 298 g/mol. The van der Waals surface area contributed by atoms with Gasteiger partial charge >= 0.3 is 6.18 Å². The second-order valence-electron chi connectivity index (χ2n) is 4.14. The maximum atomic E-state index is 12.6. The summed E-state index contributed by atoms with van der Waals surface area (Å²) in [4.78, 5) is 10.6. The van der Waals surface area contributed by atoms with Crippen LogP contribution in [-0.4, -0.2) is 21.5 Å². The van der Waals surface area contributed by atoms with Crippen LogP contribution in [0.3, 0.4) is 0 Å². The van der Waals surface area contributed by atoms with Crippen molar-refractivity contribution in [3.05, 3.63) is 42.0 Å². The number of aromatic nitrogens is 3. The molecule has 0 amide bonds. The molecule has 2 aromatic rings. The second kappa shape index (κ2) is 6.35. The Kier molecular flexibility index (Phi) is 4.53. The van der Waals surface area contributed by atoms with Crippen molar-refractivity contribution < 1.29 is 13.2 Å². The van der Waals surface area contributed by atoms with E-state index in [1.54, 1.807) is 12.4 Å². The molecule has 0 radical (unpaired) electrons. The molecule has 0 saturated heterocycles. The average Bonchev–Trinajstić information content (AvgIpc) is 2.47. The Morgan fingerprint density at radius 2 is 1.76 bits per heavy atom. The van der Waals surface area contributed by atoms with Gasteiger partial charge in [-0.15, -0.1) is 0 Å². The van der Waals surface area contributed by atoms with E-state index in [2.05, 4.69) is 25.7 Å². The summed E-state index contributed by atoms with van der Waals surface area (Å²) < 4.78 is 37.9. The first-order valence-electron chi connectivity index (χ1n) is 6.04. The van der Waals surface area contributed by atoms with Crippen molar-refractivity contribution in [1.29, 1.82) is 0 Å². The minimum absolute atomic E-state index is 0.0549. The van der Waals surface area contributed by atoms with Gasteiger partial charge < -0.3 is 10.7 Å². The largest absolute Gasteiger partial charge is 0.451 e. The Hall–Kier alpha value is -2.42. The predicted molar refractivity (Wildman–Crippen MR) is 71.3 cm³/mol. The molecule has 2 heterocycles. The molecular formula is C12H13F3N6. The van der Waals surface area contributed by atoms with Crippen molar-refractivity contribution in [2.24, 2.45) is 5.84 Å². The zero-order chi connectivity index (χ0) is 15.3. The first kappa shape index (κ1) is 15.0. The van der Waals surface area contributed by atoms with Crippen molar-refractivity contribution in [2.75, 3.05) is 17.3 Å². The van der Waals surface area contributed by atoms with E-state index in [1.165, 1.54) is 6.07 Å². The molecule has 0 bridgehead atoms. The normalized spacial score (nSPS) is 11.2. The van der Waals surface area contributed by atoms with Gasteiger partial charge in [0.05, 0.1) is 0 Å². The number of nitrogens with one attached hydrogen (secondary N) is 2. The smallest absolute Gasteiger partial charge is 0.370 e. The van der Waals surface area contributed by atoms with Crippen LogP contribution in [0.25, 0.3) is 0 Å². The van der Waals surface area contributed by atoms with Gasteiger partial charge in [0.1, 0.15) is 11.6 Å². The summed E-state index contributed by atoms with van der Waals surface area (Å²) in [6.45, 7) is 0.419. The first-order valence-corrected chi connectivity index (χ1v) is 6.04. The summed E-state index contributed by atoms with van der Waals surface area (Å²) in [6, 6.07) is 4.97. The number of nitrogens with zero attached hydrogens (tertiary/aromatic N) is 3. The Bertz CT molecular complexity index is 587. The number of nitrogen functional groups attached to an aromatic ring is 1. The number of hydrogen-bond acceptors (Lipinski definition) is 6. The molecule has 0 fully saturated rings. The molecule has 0 atom stereocenters. The zero-order valence-electron chi connectivity index (χ0n) is 10.9. The van der Waals surface area contributed by atoms with Crippen molar-refractivity contribution >= 4 is 11.6 Å². The van der Waals surface area contributed by atoms with Crippen molar-refractivity contribution in [3.8, 4) is 0 Å². The van der Waals surface area contributed by atoms with E-state index in [1.807, 2.05) is 12.1 Å². The van der Waals surface area contributed by atoms with Crippen LogP contribution in [0, 0.1) is 0 Å². The molecule has 0 aliphatic rings. The van der Waals surface area contributed by atoms with Gasteiger partial charge in [-0.3, -0.25) is 4.98 Å². The summed E-state index contributed by atoms with van der Waals surface area (Å²) in [6.07, 6.45) is -0.704. The van der Waals surface area contributed by atoms with E-state index in [9.17, 15) is 13.2 Å². The highest BCUT2D eigenvalue weighted by atomic mass is 19.4. The number of halogens is 3. The number of anilines is 2. The molecule has 112 valence electrons. The van der Waals surface area contributed by atoms with Gasteiger partial charge in [-0.1, -0.05) is 0 Å². The molecule has 0 spiro atoms. The van der Waals surface area contributed by atoms with Crippen LogP contribution in [0.4, 0.5) is 24.8 Å². The molecule has 0 aliphatic heterocycles. The zero-order valence-corrected chi connectivity index (χ0v) is 10.9. The Balaban J connectivity index is 2.05. The Morgan fingerprint density at radius 1 is 1.10 bits per heavy atom. The number of nitrogens with two attached hydrogens (primary N) is 1. The fourth-order valence-corrected chi connectivity index (χ4v) is 1.62. The number of rotatable bonds is 5. The van der Waals surface area contributed by atoms with Gasteiger partial charge in [-0.2, -0.15) is 13.2 Å². The van der Waals surface area contributed by atoms with Crippen LogP contribution < -0.4 is 16.6 Å². The summed E-state index contributed by atoms with van der Waals surface area (Å²) in [5, 5.41) is 2.81. The van der Waals surface area contributed by atoms with Gasteiger partial charge in [0, 0.05) is 25.0 Å². The lowest BCUT2D eigenvalue weighted by molar-refractivity contribution is -0.144. The van der Waals surface area contributed by atoms with E-state index >= 15 is 0 Å². The summed E-state index contributed by atoms with van der Waals surface area (Å²) >= 11 is 0. The summed E-state index contributed by atoms with van der Waals surface area (Å²) in [5.41, 5.74) is 3.10. The number of alkyl halides is 3. The third-order valence-electron chi connectivity index (χ3n) is 2.60. The quantitative estimate of drug-likeness (QED) is 0.576. The fraction of sp³-hybridized carbons (Fsp3) is 0.250. The van der Waals surface area contributed by atoms with Crippen LogP contribution in [-0.2, 0) is 12.6 Å². The van der Waals surface area contributed by atoms with Crippen LogP contribution in [0.5, 0.6) is 0 Å². The van der Waals surface area contributed by atoms with Crippen molar-refractivity contribution in [2.45, 2.75) is 12.6 Å². The van der Waals surface area contributed by atoms with E-state index in [0.29, 0.717) is 13.0 Å². The number of hydrogen-bond donors (Lipinski definition) is 3. The number of hydrazine groups is 1. The van der Waals surface area contributed by atoms with Crippen molar-refractivity contribution in [3.63, 3.8) is 0 Å². The predicted octanol–water partition coefficient (Wildman–Crippen LogP) is 1.83. The molecule has 0 aliphatic carbocycles. The lowest BCUT2D eigenvalue weighted by atomic mass is 10.2. The molecule has 21 heavy (non-hydrogen) atoms. The van der Waals surface area contributed by atoms with Crippen LogP contribution in [0.1, 0.15) is 11.4 Å². The van der Waals surface area contributed by atoms with Crippen LogP contribution >= 0.6 is 0 Å². The van der Waals surface area contributed by atoms with Crippen LogP contribution in [0.15, 0.2) is 30.6 Å². The molecule has 0 unspecified atom stereocenters. The highest BCUT2D eigenvalue weighted by molar-refractivity contribution is 5.47. The maximum Gasteiger partial charge on any atom is 0.451 e. The van der Waals surface area contributed by atoms with Gasteiger partial charge in [-0.05, 0) is 24.1 Å². The molecule has 2 aromatic heterocycles. The molecule has 2 rings (SSSR count). The average molecular weight is 298 g/mol. The highest BCUT2D eigenvalue weighted by Crippen LogP contribution is 2.28. The molecular weight excluding hydrogens is 285 g/mol. The molecule has 0 aromatic carbocycles. The Labute approximate surface area is 118 Å².